The number of fused-ring (bicyclic) bond motifs is 1. The molecule has 0 atom stereocenters. The van der Waals surface area contributed by atoms with Crippen LogP contribution in [0.5, 0.6) is 17.4 Å². The van der Waals surface area contributed by atoms with E-state index in [1.54, 1.807) is 47.2 Å². The van der Waals surface area contributed by atoms with Gasteiger partial charge in [-0.3, -0.25) is 0 Å². The van der Waals surface area contributed by atoms with Crippen molar-refractivity contribution >= 4 is 5.65 Å². The second kappa shape index (κ2) is 7.15. The molecule has 0 aliphatic carbocycles. The molecule has 2 aromatic heterocycles. The summed E-state index contributed by atoms with van der Waals surface area (Å²) in [6, 6.07) is 12.3. The first kappa shape index (κ1) is 17.3. The molecule has 0 saturated heterocycles. The molecule has 0 saturated carbocycles. The summed E-state index contributed by atoms with van der Waals surface area (Å²) < 4.78 is 13.6. The van der Waals surface area contributed by atoms with Crippen LogP contribution < -0.4 is 19.6 Å². The third-order valence-corrected chi connectivity index (χ3v) is 4.15. The molecule has 0 bridgehead atoms. The summed E-state index contributed by atoms with van der Waals surface area (Å²) >= 11 is 0. The minimum Gasteiger partial charge on any atom is -0.497 e. The molecule has 0 amide bonds. The van der Waals surface area contributed by atoms with Gasteiger partial charge in [-0.15, -0.1) is 0 Å². The maximum absolute atomic E-state index is 13.1. The van der Waals surface area contributed by atoms with Crippen molar-refractivity contribution in [3.05, 3.63) is 52.9 Å². The highest BCUT2D eigenvalue weighted by Crippen LogP contribution is 2.35. The summed E-state index contributed by atoms with van der Waals surface area (Å²) in [6.07, 6.45) is 1.81. The van der Waals surface area contributed by atoms with Gasteiger partial charge in [-0.1, -0.05) is 6.07 Å². The fraction of sp³-hybridized carbons (Fsp3) is 0.211. The number of methoxy groups -OCH3 is 2. The Balaban J connectivity index is 2.41. The van der Waals surface area contributed by atoms with Crippen molar-refractivity contribution < 1.29 is 19.1 Å². The van der Waals surface area contributed by atoms with Gasteiger partial charge >= 0.3 is 5.56 Å². The third-order valence-electron chi connectivity index (χ3n) is 4.15. The van der Waals surface area contributed by atoms with Gasteiger partial charge in [-0.25, -0.2) is 4.79 Å². The molecule has 132 valence electrons. The average Bonchev–Trinajstić information content (AvgIpc) is 2.68. The number of benzene rings is 1. The zero-order valence-electron chi connectivity index (χ0n) is 14.5. The van der Waals surface area contributed by atoms with Crippen LogP contribution in [0.25, 0.3) is 16.8 Å². The van der Waals surface area contributed by atoms with Gasteiger partial charge in [-0.2, -0.15) is 14.2 Å². The molecular formula is C19H18N3O4+. The Morgan fingerprint density at radius 2 is 2.04 bits per heavy atom. The second-order valence-electron chi connectivity index (χ2n) is 5.56. The van der Waals surface area contributed by atoms with Crippen molar-refractivity contribution in [2.75, 3.05) is 14.2 Å². The predicted molar refractivity (Wildman–Crippen MR) is 94.3 cm³/mol. The highest BCUT2D eigenvalue weighted by Gasteiger charge is 2.27. The maximum Gasteiger partial charge on any atom is 0.354 e. The van der Waals surface area contributed by atoms with Crippen molar-refractivity contribution in [1.29, 1.82) is 5.26 Å². The van der Waals surface area contributed by atoms with Crippen LogP contribution in [0, 0.1) is 11.3 Å². The summed E-state index contributed by atoms with van der Waals surface area (Å²) in [5.41, 5.74) is 0.606. The SMILES string of the molecule is COc1ccc(OC)c(-c2c(O)[n+](CCC#N)c3ccccn3c2=O)c1. The lowest BCUT2D eigenvalue weighted by molar-refractivity contribution is -0.679. The molecule has 3 rings (SSSR count). The van der Waals surface area contributed by atoms with Crippen LogP contribution in [0.2, 0.25) is 0 Å². The molecule has 7 heteroatoms. The van der Waals surface area contributed by atoms with Gasteiger partial charge in [0.05, 0.1) is 32.9 Å². The van der Waals surface area contributed by atoms with E-state index in [1.165, 1.54) is 18.6 Å². The van der Waals surface area contributed by atoms with Crippen LogP contribution in [0.3, 0.4) is 0 Å². The van der Waals surface area contributed by atoms with Crippen LogP contribution in [-0.2, 0) is 6.54 Å². The number of pyridine rings is 1. The van der Waals surface area contributed by atoms with E-state index in [0.29, 0.717) is 22.7 Å². The lowest BCUT2D eigenvalue weighted by Gasteiger charge is -2.12. The number of aromatic hydroxyl groups is 1. The smallest absolute Gasteiger partial charge is 0.354 e. The number of aromatic nitrogens is 2. The van der Waals surface area contributed by atoms with E-state index in [0.717, 1.165) is 0 Å². The van der Waals surface area contributed by atoms with E-state index in [2.05, 4.69) is 6.07 Å². The number of rotatable bonds is 5. The second-order valence-corrected chi connectivity index (χ2v) is 5.56. The van der Waals surface area contributed by atoms with E-state index in [1.807, 2.05) is 0 Å². The quantitative estimate of drug-likeness (QED) is 0.709. The Morgan fingerprint density at radius 3 is 2.73 bits per heavy atom. The van der Waals surface area contributed by atoms with Crippen LogP contribution in [0.15, 0.2) is 47.4 Å². The average molecular weight is 352 g/mol. The van der Waals surface area contributed by atoms with Gasteiger partial charge in [0.2, 0.25) is 0 Å². The minimum atomic E-state index is -0.391. The highest BCUT2D eigenvalue weighted by molar-refractivity contribution is 5.74. The molecule has 2 heterocycles. The monoisotopic (exact) mass is 352 g/mol. The number of hydrogen-bond donors (Lipinski definition) is 1. The number of ether oxygens (including phenoxy) is 2. The molecule has 1 N–H and O–H groups in total. The normalized spacial score (nSPS) is 10.5. The predicted octanol–water partition coefficient (Wildman–Crippen LogP) is 1.89. The number of nitrogens with zero attached hydrogens (tertiary/aromatic N) is 3. The summed E-state index contributed by atoms with van der Waals surface area (Å²) in [6.45, 7) is 0.245. The van der Waals surface area contributed by atoms with Crippen molar-refractivity contribution in [3.8, 4) is 34.6 Å². The molecule has 3 aromatic rings. The Hall–Kier alpha value is -3.53. The third kappa shape index (κ3) is 2.82. The van der Waals surface area contributed by atoms with Crippen molar-refractivity contribution in [1.82, 2.24) is 4.40 Å². The Labute approximate surface area is 149 Å². The van der Waals surface area contributed by atoms with E-state index < -0.39 is 5.56 Å². The van der Waals surface area contributed by atoms with Gasteiger partial charge in [0, 0.05) is 11.6 Å². The molecule has 0 aliphatic heterocycles. The Bertz CT molecular complexity index is 1070. The van der Waals surface area contributed by atoms with Gasteiger partial charge in [-0.05, 0) is 24.3 Å². The van der Waals surface area contributed by atoms with Gasteiger partial charge in [0.15, 0.2) is 5.56 Å². The first-order valence-corrected chi connectivity index (χ1v) is 7.98. The number of hydrogen-bond acceptors (Lipinski definition) is 5. The number of nitriles is 1. The Morgan fingerprint density at radius 1 is 1.23 bits per heavy atom. The van der Waals surface area contributed by atoms with E-state index >= 15 is 0 Å². The largest absolute Gasteiger partial charge is 0.497 e. The van der Waals surface area contributed by atoms with Crippen LogP contribution in [-0.4, -0.2) is 23.7 Å². The van der Waals surface area contributed by atoms with Crippen LogP contribution in [0.4, 0.5) is 0 Å². The fourth-order valence-electron chi connectivity index (χ4n) is 2.91. The van der Waals surface area contributed by atoms with Crippen LogP contribution in [0.1, 0.15) is 6.42 Å². The molecule has 0 radical (unpaired) electrons. The Kier molecular flexibility index (Phi) is 4.76. The van der Waals surface area contributed by atoms with E-state index in [4.69, 9.17) is 14.7 Å². The van der Waals surface area contributed by atoms with Gasteiger partial charge < -0.3 is 14.6 Å². The van der Waals surface area contributed by atoms with E-state index in [-0.39, 0.29) is 24.4 Å². The zero-order chi connectivity index (χ0) is 18.7. The summed E-state index contributed by atoms with van der Waals surface area (Å²) in [5, 5.41) is 19.8. The fourth-order valence-corrected chi connectivity index (χ4v) is 2.91. The molecule has 7 nitrogen and oxygen atoms in total. The van der Waals surface area contributed by atoms with Crippen LogP contribution >= 0.6 is 0 Å². The molecule has 1 aromatic carbocycles. The molecular weight excluding hydrogens is 334 g/mol. The summed E-state index contributed by atoms with van der Waals surface area (Å²) in [5.74, 6) is 0.741. The zero-order valence-corrected chi connectivity index (χ0v) is 14.5. The first-order chi connectivity index (χ1) is 12.6. The summed E-state index contributed by atoms with van der Waals surface area (Å²) in [4.78, 5) is 13.1. The molecule has 26 heavy (non-hydrogen) atoms. The molecule has 0 unspecified atom stereocenters. The molecule has 0 aliphatic rings. The van der Waals surface area contributed by atoms with Gasteiger partial charge in [0.25, 0.3) is 11.5 Å². The van der Waals surface area contributed by atoms with Crippen molar-refractivity contribution in [2.24, 2.45) is 0 Å². The van der Waals surface area contributed by atoms with E-state index in [9.17, 15) is 9.90 Å². The van der Waals surface area contributed by atoms with Crippen molar-refractivity contribution in [2.45, 2.75) is 13.0 Å². The van der Waals surface area contributed by atoms with Crippen molar-refractivity contribution in [3.63, 3.8) is 0 Å². The topological polar surface area (TPSA) is 87.8 Å². The molecule has 0 spiro atoms. The highest BCUT2D eigenvalue weighted by atomic mass is 16.5. The minimum absolute atomic E-state index is 0.0855. The standard InChI is InChI=1S/C19H17N3O4/c1-25-13-7-8-15(26-2)14(12-13)17-18(23)21-10-4-3-6-16(21)22(19(17)24)11-5-9-20/h3-4,6-8,10,12H,5,11H2,1-2H3/p+1. The first-order valence-electron chi connectivity index (χ1n) is 7.98. The summed E-state index contributed by atoms with van der Waals surface area (Å²) in [7, 11) is 3.01. The maximum atomic E-state index is 13.1. The lowest BCUT2D eigenvalue weighted by atomic mass is 10.1. The van der Waals surface area contributed by atoms with Gasteiger partial charge in [0.1, 0.15) is 18.0 Å². The molecule has 0 fully saturated rings. The number of aryl methyl sites for hydroxylation is 1. The lowest BCUT2D eigenvalue weighted by Crippen LogP contribution is -2.40.